The quantitative estimate of drug-likeness (QED) is 0.558. The lowest BCUT2D eigenvalue weighted by molar-refractivity contribution is -0.137. The maximum atomic E-state index is 10.4. The number of hydrogen-bond acceptors (Lipinski definition) is 3. The number of likely N-dealkylation sites (N-methyl/N-ethyl adjacent to an activating group) is 1. The zero-order valence-electron chi connectivity index (χ0n) is 12.4. The fourth-order valence-electron chi connectivity index (χ4n) is 2.12. The lowest BCUT2D eigenvalue weighted by Crippen LogP contribution is -2.39. The van der Waals surface area contributed by atoms with Crippen LogP contribution in [0.25, 0.3) is 0 Å². The molecule has 0 saturated carbocycles. The molecule has 0 aliphatic carbocycles. The van der Waals surface area contributed by atoms with Crippen molar-refractivity contribution >= 4 is 5.97 Å². The number of hydrogen-bond donors (Lipinski definition) is 2. The van der Waals surface area contributed by atoms with Gasteiger partial charge in [0.2, 0.25) is 0 Å². The Bertz CT molecular complexity index is 208. The number of unbranched alkanes of at least 4 members (excludes halogenated alkanes) is 2. The van der Waals surface area contributed by atoms with Crippen molar-refractivity contribution in [2.24, 2.45) is 5.92 Å². The van der Waals surface area contributed by atoms with Crippen molar-refractivity contribution in [1.82, 2.24) is 10.2 Å². The molecule has 0 fully saturated rings. The molecule has 108 valence electrons. The molecule has 2 N–H and O–H groups in total. The van der Waals surface area contributed by atoms with Crippen molar-refractivity contribution in [3.05, 3.63) is 0 Å². The Hall–Kier alpha value is -0.610. The molecule has 0 amide bonds. The lowest BCUT2D eigenvalue weighted by Gasteiger charge is -2.24. The Balaban J connectivity index is 3.65. The fourth-order valence-corrected chi connectivity index (χ4v) is 2.12. The second-order valence-corrected chi connectivity index (χ2v) is 5.75. The summed E-state index contributed by atoms with van der Waals surface area (Å²) in [5.74, 6) is 0.0164. The molecule has 0 spiro atoms. The van der Waals surface area contributed by atoms with E-state index in [0.717, 1.165) is 32.4 Å². The molecule has 18 heavy (non-hydrogen) atoms. The van der Waals surface area contributed by atoms with Crippen LogP contribution < -0.4 is 5.32 Å². The SMILES string of the molecule is CC(C)CC(CN(C)C)NCCCCCC(=O)O. The van der Waals surface area contributed by atoms with Gasteiger partial charge in [0, 0.05) is 19.0 Å². The Morgan fingerprint density at radius 1 is 1.22 bits per heavy atom. The van der Waals surface area contributed by atoms with Gasteiger partial charge in [-0.05, 0) is 45.8 Å². The number of nitrogens with zero attached hydrogens (tertiary/aromatic N) is 1. The zero-order chi connectivity index (χ0) is 14.0. The van der Waals surface area contributed by atoms with E-state index in [1.807, 2.05) is 0 Å². The summed E-state index contributed by atoms with van der Waals surface area (Å²) in [4.78, 5) is 12.6. The topological polar surface area (TPSA) is 52.6 Å². The minimum Gasteiger partial charge on any atom is -0.481 e. The van der Waals surface area contributed by atoms with Crippen LogP contribution >= 0.6 is 0 Å². The molecule has 4 nitrogen and oxygen atoms in total. The van der Waals surface area contributed by atoms with Gasteiger partial charge < -0.3 is 15.3 Å². The molecule has 0 aliphatic rings. The molecule has 0 aromatic carbocycles. The molecular formula is C14H30N2O2. The molecule has 0 radical (unpaired) electrons. The van der Waals surface area contributed by atoms with Gasteiger partial charge in [0.25, 0.3) is 0 Å². The number of carboxylic acids is 1. The standard InChI is InChI=1S/C14H30N2O2/c1-12(2)10-13(11-16(3)4)15-9-7-5-6-8-14(17)18/h12-13,15H,5-11H2,1-4H3,(H,17,18). The van der Waals surface area contributed by atoms with Gasteiger partial charge in [-0.25, -0.2) is 0 Å². The largest absolute Gasteiger partial charge is 0.481 e. The highest BCUT2D eigenvalue weighted by atomic mass is 16.4. The normalized spacial score (nSPS) is 13.2. The average molecular weight is 258 g/mol. The first-order chi connectivity index (χ1) is 8.41. The van der Waals surface area contributed by atoms with E-state index in [9.17, 15) is 4.79 Å². The van der Waals surface area contributed by atoms with Crippen LogP contribution in [0.3, 0.4) is 0 Å². The van der Waals surface area contributed by atoms with E-state index in [4.69, 9.17) is 5.11 Å². The summed E-state index contributed by atoms with van der Waals surface area (Å²) >= 11 is 0. The molecule has 0 heterocycles. The summed E-state index contributed by atoms with van der Waals surface area (Å²) in [5, 5.41) is 12.1. The average Bonchev–Trinajstić information content (AvgIpc) is 2.20. The highest BCUT2D eigenvalue weighted by Crippen LogP contribution is 2.06. The Kier molecular flexibility index (Phi) is 9.98. The Morgan fingerprint density at radius 3 is 2.39 bits per heavy atom. The molecule has 0 saturated heterocycles. The van der Waals surface area contributed by atoms with Crippen molar-refractivity contribution in [2.75, 3.05) is 27.2 Å². The van der Waals surface area contributed by atoms with Crippen molar-refractivity contribution in [3.8, 4) is 0 Å². The first kappa shape index (κ1) is 17.4. The third-order valence-corrected chi connectivity index (χ3v) is 2.84. The summed E-state index contributed by atoms with van der Waals surface area (Å²) < 4.78 is 0. The first-order valence-electron chi connectivity index (χ1n) is 7.01. The van der Waals surface area contributed by atoms with Crippen LogP contribution in [-0.2, 0) is 4.79 Å². The molecule has 0 rings (SSSR count). The van der Waals surface area contributed by atoms with Crippen molar-refractivity contribution in [1.29, 1.82) is 0 Å². The van der Waals surface area contributed by atoms with Crippen LogP contribution in [0.2, 0.25) is 0 Å². The zero-order valence-corrected chi connectivity index (χ0v) is 12.4. The summed E-state index contributed by atoms with van der Waals surface area (Å²) in [6, 6.07) is 0.541. The predicted octanol–water partition coefficient (Wildman–Crippen LogP) is 2.20. The van der Waals surface area contributed by atoms with E-state index in [0.29, 0.717) is 18.4 Å². The highest BCUT2D eigenvalue weighted by Gasteiger charge is 2.10. The maximum absolute atomic E-state index is 10.4. The molecule has 1 unspecified atom stereocenters. The van der Waals surface area contributed by atoms with Gasteiger partial charge in [-0.2, -0.15) is 0 Å². The first-order valence-corrected chi connectivity index (χ1v) is 7.01. The number of nitrogens with one attached hydrogen (secondary N) is 1. The van der Waals surface area contributed by atoms with E-state index in [1.165, 1.54) is 6.42 Å². The van der Waals surface area contributed by atoms with E-state index in [-0.39, 0.29) is 0 Å². The van der Waals surface area contributed by atoms with Gasteiger partial charge >= 0.3 is 5.97 Å². The lowest BCUT2D eigenvalue weighted by atomic mass is 10.0. The van der Waals surface area contributed by atoms with E-state index in [1.54, 1.807) is 0 Å². The van der Waals surface area contributed by atoms with Crippen LogP contribution in [0.4, 0.5) is 0 Å². The van der Waals surface area contributed by atoms with Gasteiger partial charge in [0.1, 0.15) is 0 Å². The minimum absolute atomic E-state index is 0.299. The van der Waals surface area contributed by atoms with E-state index < -0.39 is 5.97 Å². The number of aliphatic carboxylic acids is 1. The smallest absolute Gasteiger partial charge is 0.303 e. The van der Waals surface area contributed by atoms with Crippen molar-refractivity contribution in [3.63, 3.8) is 0 Å². The Morgan fingerprint density at radius 2 is 1.89 bits per heavy atom. The number of carbonyl (C=O) groups is 1. The second-order valence-electron chi connectivity index (χ2n) is 5.75. The van der Waals surface area contributed by atoms with E-state index >= 15 is 0 Å². The van der Waals surface area contributed by atoms with Crippen LogP contribution in [0.5, 0.6) is 0 Å². The molecule has 1 atom stereocenters. The van der Waals surface area contributed by atoms with Crippen molar-refractivity contribution < 1.29 is 9.90 Å². The number of rotatable bonds is 11. The van der Waals surface area contributed by atoms with Gasteiger partial charge in [0.15, 0.2) is 0 Å². The molecule has 0 aromatic heterocycles. The highest BCUT2D eigenvalue weighted by molar-refractivity contribution is 5.66. The van der Waals surface area contributed by atoms with Gasteiger partial charge in [-0.15, -0.1) is 0 Å². The van der Waals surface area contributed by atoms with Gasteiger partial charge in [-0.3, -0.25) is 4.79 Å². The van der Waals surface area contributed by atoms with Crippen LogP contribution in [0, 0.1) is 5.92 Å². The summed E-state index contributed by atoms with van der Waals surface area (Å²) in [7, 11) is 4.20. The summed E-state index contributed by atoms with van der Waals surface area (Å²) in [5.41, 5.74) is 0. The molecular weight excluding hydrogens is 228 g/mol. The molecule has 0 aromatic rings. The molecule has 0 bridgehead atoms. The predicted molar refractivity (Wildman–Crippen MR) is 75.9 cm³/mol. The fraction of sp³-hybridized carbons (Fsp3) is 0.929. The van der Waals surface area contributed by atoms with Gasteiger partial charge in [0.05, 0.1) is 0 Å². The summed E-state index contributed by atoms with van der Waals surface area (Å²) in [6.07, 6.45) is 4.34. The van der Waals surface area contributed by atoms with Gasteiger partial charge in [-0.1, -0.05) is 20.3 Å². The summed E-state index contributed by atoms with van der Waals surface area (Å²) in [6.45, 7) is 6.55. The monoisotopic (exact) mass is 258 g/mol. The van der Waals surface area contributed by atoms with Crippen LogP contribution in [0.15, 0.2) is 0 Å². The van der Waals surface area contributed by atoms with Crippen LogP contribution in [-0.4, -0.2) is 49.2 Å². The van der Waals surface area contributed by atoms with Crippen molar-refractivity contribution in [2.45, 2.75) is 52.0 Å². The number of carboxylic acid groups (broad SMARTS) is 1. The molecule has 4 heteroatoms. The second kappa shape index (κ2) is 10.3. The maximum Gasteiger partial charge on any atom is 0.303 e. The Labute approximate surface area is 112 Å². The van der Waals surface area contributed by atoms with Crippen LogP contribution in [0.1, 0.15) is 46.0 Å². The molecule has 0 aliphatic heterocycles. The van der Waals surface area contributed by atoms with E-state index in [2.05, 4.69) is 38.2 Å². The third-order valence-electron chi connectivity index (χ3n) is 2.84. The third kappa shape index (κ3) is 11.9. The minimum atomic E-state index is -0.687.